The van der Waals surface area contributed by atoms with Crippen molar-refractivity contribution in [1.82, 2.24) is 4.90 Å². The average molecular weight is 256 g/mol. The SMILES string of the molecule is CC(C)N1C(N)=NCC1c1cccc(Cl)c1F. The molecule has 0 bridgehead atoms. The molecule has 0 spiro atoms. The Morgan fingerprint density at radius 3 is 2.88 bits per heavy atom. The van der Waals surface area contributed by atoms with E-state index in [0.29, 0.717) is 18.1 Å². The minimum atomic E-state index is -0.380. The largest absolute Gasteiger partial charge is 0.370 e. The topological polar surface area (TPSA) is 41.6 Å². The molecule has 5 heteroatoms. The molecule has 0 aliphatic carbocycles. The van der Waals surface area contributed by atoms with Crippen molar-refractivity contribution in [3.63, 3.8) is 0 Å². The molecule has 1 unspecified atom stereocenters. The standard InChI is InChI=1S/C12H15ClFN3/c1-7(2)17-10(6-16-12(17)15)8-4-3-5-9(13)11(8)14/h3-5,7,10H,6H2,1-2H3,(H2,15,16). The van der Waals surface area contributed by atoms with Gasteiger partial charge in [0, 0.05) is 11.6 Å². The molecule has 92 valence electrons. The van der Waals surface area contributed by atoms with Gasteiger partial charge in [-0.1, -0.05) is 23.7 Å². The predicted molar refractivity (Wildman–Crippen MR) is 67.6 cm³/mol. The third kappa shape index (κ3) is 2.09. The van der Waals surface area contributed by atoms with Crippen LogP contribution in [-0.4, -0.2) is 23.4 Å². The Morgan fingerprint density at radius 2 is 2.24 bits per heavy atom. The van der Waals surface area contributed by atoms with Crippen LogP contribution in [0.25, 0.3) is 0 Å². The van der Waals surface area contributed by atoms with Gasteiger partial charge in [0.15, 0.2) is 5.96 Å². The monoisotopic (exact) mass is 255 g/mol. The highest BCUT2D eigenvalue weighted by atomic mass is 35.5. The van der Waals surface area contributed by atoms with Gasteiger partial charge in [0.25, 0.3) is 0 Å². The highest BCUT2D eigenvalue weighted by Crippen LogP contribution is 2.31. The molecule has 0 fully saturated rings. The summed E-state index contributed by atoms with van der Waals surface area (Å²) in [6.07, 6.45) is 0. The number of halogens is 2. The van der Waals surface area contributed by atoms with E-state index in [1.165, 1.54) is 0 Å². The first kappa shape index (κ1) is 12.2. The van der Waals surface area contributed by atoms with Gasteiger partial charge in [0.2, 0.25) is 0 Å². The van der Waals surface area contributed by atoms with Crippen molar-refractivity contribution in [2.24, 2.45) is 10.7 Å². The van der Waals surface area contributed by atoms with Crippen LogP contribution in [0.4, 0.5) is 4.39 Å². The van der Waals surface area contributed by atoms with E-state index in [2.05, 4.69) is 4.99 Å². The smallest absolute Gasteiger partial charge is 0.192 e. The van der Waals surface area contributed by atoms with Gasteiger partial charge in [-0.25, -0.2) is 4.39 Å². The number of guanidine groups is 1. The summed E-state index contributed by atoms with van der Waals surface area (Å²) >= 11 is 5.79. The normalized spacial score (nSPS) is 19.9. The zero-order valence-electron chi connectivity index (χ0n) is 9.82. The van der Waals surface area contributed by atoms with Crippen LogP contribution in [0.5, 0.6) is 0 Å². The van der Waals surface area contributed by atoms with E-state index in [9.17, 15) is 4.39 Å². The first-order valence-electron chi connectivity index (χ1n) is 5.54. The van der Waals surface area contributed by atoms with Gasteiger partial charge in [-0.15, -0.1) is 0 Å². The van der Waals surface area contributed by atoms with E-state index in [1.54, 1.807) is 18.2 Å². The van der Waals surface area contributed by atoms with Crippen LogP contribution >= 0.6 is 11.6 Å². The highest BCUT2D eigenvalue weighted by molar-refractivity contribution is 6.30. The first-order chi connectivity index (χ1) is 8.02. The summed E-state index contributed by atoms with van der Waals surface area (Å²) in [4.78, 5) is 6.09. The molecule has 2 N–H and O–H groups in total. The number of rotatable bonds is 2. The lowest BCUT2D eigenvalue weighted by molar-refractivity contribution is 0.284. The Hall–Kier alpha value is -1.29. The van der Waals surface area contributed by atoms with Gasteiger partial charge in [-0.05, 0) is 19.9 Å². The van der Waals surface area contributed by atoms with Gasteiger partial charge >= 0.3 is 0 Å². The molecule has 1 aromatic rings. The van der Waals surface area contributed by atoms with E-state index >= 15 is 0 Å². The van der Waals surface area contributed by atoms with E-state index < -0.39 is 0 Å². The van der Waals surface area contributed by atoms with E-state index in [1.807, 2.05) is 18.7 Å². The van der Waals surface area contributed by atoms with Crippen molar-refractivity contribution in [3.8, 4) is 0 Å². The molecule has 0 saturated heterocycles. The number of nitrogens with two attached hydrogens (primary N) is 1. The predicted octanol–water partition coefficient (Wildman–Crippen LogP) is 2.56. The zero-order valence-corrected chi connectivity index (χ0v) is 10.6. The van der Waals surface area contributed by atoms with Crippen molar-refractivity contribution in [1.29, 1.82) is 0 Å². The third-order valence-corrected chi connectivity index (χ3v) is 3.22. The molecule has 0 saturated carbocycles. The summed E-state index contributed by atoms with van der Waals surface area (Å²) in [6.45, 7) is 4.48. The Balaban J connectivity index is 2.38. The average Bonchev–Trinajstić information content (AvgIpc) is 2.64. The van der Waals surface area contributed by atoms with Gasteiger partial charge in [-0.2, -0.15) is 0 Å². The maximum Gasteiger partial charge on any atom is 0.192 e. The number of hydrogen-bond acceptors (Lipinski definition) is 3. The van der Waals surface area contributed by atoms with Crippen LogP contribution in [0.15, 0.2) is 23.2 Å². The second kappa shape index (κ2) is 4.53. The summed E-state index contributed by atoms with van der Waals surface area (Å²) in [6, 6.07) is 5.03. The molecule has 1 aliphatic heterocycles. The molecule has 1 atom stereocenters. The maximum absolute atomic E-state index is 14.0. The summed E-state index contributed by atoms with van der Waals surface area (Å²) in [5, 5.41) is 0.136. The molecular formula is C12H15ClFN3. The molecule has 0 amide bonds. The third-order valence-electron chi connectivity index (χ3n) is 2.92. The van der Waals surface area contributed by atoms with Crippen molar-refractivity contribution >= 4 is 17.6 Å². The molecule has 1 heterocycles. The molecule has 0 radical (unpaired) electrons. The first-order valence-corrected chi connectivity index (χ1v) is 5.92. The van der Waals surface area contributed by atoms with Crippen molar-refractivity contribution in [2.45, 2.75) is 25.9 Å². The fraction of sp³-hybridized carbons (Fsp3) is 0.417. The molecule has 3 nitrogen and oxygen atoms in total. The van der Waals surface area contributed by atoms with Gasteiger partial charge in [0.05, 0.1) is 17.6 Å². The number of aliphatic imine (C=N–C) groups is 1. The van der Waals surface area contributed by atoms with Crippen LogP contribution in [0.2, 0.25) is 5.02 Å². The minimum Gasteiger partial charge on any atom is -0.370 e. The van der Waals surface area contributed by atoms with Crippen LogP contribution < -0.4 is 5.73 Å². The lowest BCUT2D eigenvalue weighted by atomic mass is 10.0. The molecular weight excluding hydrogens is 241 g/mol. The Morgan fingerprint density at radius 1 is 1.53 bits per heavy atom. The lowest BCUT2D eigenvalue weighted by Gasteiger charge is -2.30. The van der Waals surface area contributed by atoms with Crippen LogP contribution in [0.1, 0.15) is 25.5 Å². The second-order valence-corrected chi connectivity index (χ2v) is 4.77. The quantitative estimate of drug-likeness (QED) is 0.883. The minimum absolute atomic E-state index is 0.136. The Labute approximate surface area is 105 Å². The molecule has 17 heavy (non-hydrogen) atoms. The number of benzene rings is 1. The van der Waals surface area contributed by atoms with Crippen molar-refractivity contribution < 1.29 is 4.39 Å². The van der Waals surface area contributed by atoms with E-state index in [0.717, 1.165) is 0 Å². The molecule has 2 rings (SSSR count). The number of nitrogens with zero attached hydrogens (tertiary/aromatic N) is 2. The van der Waals surface area contributed by atoms with E-state index in [-0.39, 0.29) is 22.9 Å². The van der Waals surface area contributed by atoms with Crippen LogP contribution in [0.3, 0.4) is 0 Å². The van der Waals surface area contributed by atoms with Gasteiger partial charge in [0.1, 0.15) is 5.82 Å². The van der Waals surface area contributed by atoms with Crippen molar-refractivity contribution in [3.05, 3.63) is 34.6 Å². The Bertz CT molecular complexity index is 459. The molecule has 1 aliphatic rings. The summed E-state index contributed by atoms with van der Waals surface area (Å²) in [7, 11) is 0. The second-order valence-electron chi connectivity index (χ2n) is 4.36. The Kier molecular flexibility index (Phi) is 3.24. The van der Waals surface area contributed by atoms with Crippen LogP contribution in [-0.2, 0) is 0 Å². The fourth-order valence-corrected chi connectivity index (χ4v) is 2.34. The molecule has 1 aromatic carbocycles. The highest BCUT2D eigenvalue weighted by Gasteiger charge is 2.31. The summed E-state index contributed by atoms with van der Waals surface area (Å²) in [5.74, 6) is 0.0825. The van der Waals surface area contributed by atoms with Crippen molar-refractivity contribution in [2.75, 3.05) is 6.54 Å². The molecule has 0 aromatic heterocycles. The van der Waals surface area contributed by atoms with Crippen LogP contribution in [0, 0.1) is 5.82 Å². The van der Waals surface area contributed by atoms with Gasteiger partial charge < -0.3 is 10.6 Å². The maximum atomic E-state index is 14.0. The zero-order chi connectivity index (χ0) is 12.6. The summed E-state index contributed by atoms with van der Waals surface area (Å²) < 4.78 is 14.0. The van der Waals surface area contributed by atoms with Gasteiger partial charge in [-0.3, -0.25) is 4.99 Å². The number of hydrogen-bond donors (Lipinski definition) is 1. The van der Waals surface area contributed by atoms with E-state index in [4.69, 9.17) is 17.3 Å². The summed E-state index contributed by atoms with van der Waals surface area (Å²) in [5.41, 5.74) is 6.37. The fourth-order valence-electron chi connectivity index (χ4n) is 2.16. The lowest BCUT2D eigenvalue weighted by Crippen LogP contribution is -2.41.